The third kappa shape index (κ3) is 1.73. The first kappa shape index (κ1) is 9.43. The molecule has 2 aliphatic rings. The summed E-state index contributed by atoms with van der Waals surface area (Å²) in [6, 6.07) is 0. The summed E-state index contributed by atoms with van der Waals surface area (Å²) in [5.41, 5.74) is -0.145. The van der Waals surface area contributed by atoms with Crippen molar-refractivity contribution in [2.24, 2.45) is 10.6 Å². The summed E-state index contributed by atoms with van der Waals surface area (Å²) >= 11 is 0. The van der Waals surface area contributed by atoms with E-state index < -0.39 is 10.0 Å². The van der Waals surface area contributed by atoms with Crippen LogP contribution >= 0.6 is 0 Å². The molecule has 0 aromatic rings. The monoisotopic (exact) mass is 205 g/mol. The Bertz CT molecular complexity index is 289. The highest BCUT2D eigenvalue weighted by atomic mass is 32.2. The molecule has 2 unspecified atom stereocenters. The van der Waals surface area contributed by atoms with E-state index in [0.29, 0.717) is 6.61 Å². The lowest BCUT2D eigenvalue weighted by Crippen LogP contribution is -2.36. The molecule has 1 saturated heterocycles. The van der Waals surface area contributed by atoms with Crippen molar-refractivity contribution in [3.63, 3.8) is 0 Å². The van der Waals surface area contributed by atoms with Crippen molar-refractivity contribution in [1.29, 1.82) is 0 Å². The number of hydrogen-bond acceptors (Lipinski definition) is 3. The van der Waals surface area contributed by atoms with Crippen molar-refractivity contribution in [2.45, 2.75) is 31.8 Å². The Labute approximate surface area is 78.5 Å². The summed E-state index contributed by atoms with van der Waals surface area (Å²) in [6.45, 7) is 0.695. The maximum Gasteiger partial charge on any atom is 0.209 e. The van der Waals surface area contributed by atoms with E-state index in [1.165, 1.54) is 0 Å². The van der Waals surface area contributed by atoms with E-state index in [1.807, 2.05) is 0 Å². The minimum atomic E-state index is -3.35. The van der Waals surface area contributed by atoms with Gasteiger partial charge in [-0.2, -0.15) is 0 Å². The van der Waals surface area contributed by atoms with Crippen molar-refractivity contribution >= 4 is 10.0 Å². The Balaban J connectivity index is 2.19. The number of fused-ring (bicyclic) bond motifs is 1. The maximum atomic E-state index is 11.0. The predicted octanol–water partition coefficient (Wildman–Crippen LogP) is 0.234. The van der Waals surface area contributed by atoms with Crippen LogP contribution in [0.4, 0.5) is 0 Å². The van der Waals surface area contributed by atoms with Crippen molar-refractivity contribution in [2.75, 3.05) is 12.4 Å². The minimum Gasteiger partial charge on any atom is -0.378 e. The molecule has 76 valence electrons. The van der Waals surface area contributed by atoms with Crippen molar-refractivity contribution in [1.82, 2.24) is 0 Å². The smallest absolute Gasteiger partial charge is 0.209 e. The fraction of sp³-hybridized carbons (Fsp3) is 1.00. The highest BCUT2D eigenvalue weighted by Crippen LogP contribution is 2.47. The molecule has 1 aliphatic heterocycles. The quantitative estimate of drug-likeness (QED) is 0.701. The van der Waals surface area contributed by atoms with Gasteiger partial charge in [-0.25, -0.2) is 13.6 Å². The van der Waals surface area contributed by atoms with Crippen LogP contribution in [-0.2, 0) is 14.8 Å². The van der Waals surface area contributed by atoms with Crippen LogP contribution in [0.1, 0.15) is 25.7 Å². The van der Waals surface area contributed by atoms with Crippen LogP contribution in [-0.4, -0.2) is 26.9 Å². The van der Waals surface area contributed by atoms with Gasteiger partial charge in [0.05, 0.1) is 11.9 Å². The van der Waals surface area contributed by atoms with Gasteiger partial charge in [0.15, 0.2) is 0 Å². The van der Waals surface area contributed by atoms with Gasteiger partial charge in [0.2, 0.25) is 10.0 Å². The molecule has 0 bridgehead atoms. The Kier molecular flexibility index (Phi) is 2.13. The third-order valence-corrected chi connectivity index (χ3v) is 4.21. The summed E-state index contributed by atoms with van der Waals surface area (Å²) in [5, 5.41) is 5.08. The van der Waals surface area contributed by atoms with E-state index in [1.54, 1.807) is 0 Å². The molecule has 0 radical (unpaired) electrons. The van der Waals surface area contributed by atoms with Gasteiger partial charge in [0, 0.05) is 12.0 Å². The molecule has 4 nitrogen and oxygen atoms in total. The van der Waals surface area contributed by atoms with Crippen LogP contribution in [0.15, 0.2) is 0 Å². The van der Waals surface area contributed by atoms with Crippen LogP contribution < -0.4 is 5.14 Å². The molecule has 1 heterocycles. The predicted molar refractivity (Wildman–Crippen MR) is 48.6 cm³/mol. The zero-order chi connectivity index (χ0) is 9.53. The van der Waals surface area contributed by atoms with Crippen molar-refractivity contribution in [3.8, 4) is 0 Å². The summed E-state index contributed by atoms with van der Waals surface area (Å²) in [7, 11) is -3.35. The molecule has 0 amide bonds. The molecule has 1 aliphatic carbocycles. The van der Waals surface area contributed by atoms with Gasteiger partial charge < -0.3 is 4.74 Å². The molecule has 1 saturated carbocycles. The van der Waals surface area contributed by atoms with E-state index in [9.17, 15) is 8.42 Å². The molecule has 0 spiro atoms. The van der Waals surface area contributed by atoms with Gasteiger partial charge >= 0.3 is 0 Å². The topological polar surface area (TPSA) is 69.4 Å². The average molecular weight is 205 g/mol. The van der Waals surface area contributed by atoms with Crippen LogP contribution in [0.5, 0.6) is 0 Å². The Morgan fingerprint density at radius 2 is 2.23 bits per heavy atom. The second-order valence-corrected chi connectivity index (χ2v) is 5.79. The number of hydrogen-bond donors (Lipinski definition) is 1. The summed E-state index contributed by atoms with van der Waals surface area (Å²) in [4.78, 5) is 0. The van der Waals surface area contributed by atoms with Gasteiger partial charge in [0.25, 0.3) is 0 Å². The van der Waals surface area contributed by atoms with Gasteiger partial charge in [0.1, 0.15) is 0 Å². The lowest BCUT2D eigenvalue weighted by molar-refractivity contribution is 0.0782. The van der Waals surface area contributed by atoms with Gasteiger partial charge in [-0.1, -0.05) is 6.42 Å². The van der Waals surface area contributed by atoms with Crippen molar-refractivity contribution < 1.29 is 13.2 Å². The van der Waals surface area contributed by atoms with E-state index in [2.05, 4.69) is 0 Å². The first-order valence-electron chi connectivity index (χ1n) is 4.64. The molecular weight excluding hydrogens is 190 g/mol. The Hall–Kier alpha value is -0.130. The van der Waals surface area contributed by atoms with Crippen LogP contribution in [0.25, 0.3) is 0 Å². The molecule has 2 fully saturated rings. The Morgan fingerprint density at radius 1 is 1.46 bits per heavy atom. The van der Waals surface area contributed by atoms with Gasteiger partial charge in [-0.05, 0) is 19.3 Å². The summed E-state index contributed by atoms with van der Waals surface area (Å²) in [6.07, 6.45) is 4.02. The number of sulfonamides is 1. The number of rotatable bonds is 2. The largest absolute Gasteiger partial charge is 0.378 e. The fourth-order valence-electron chi connectivity index (χ4n) is 2.70. The molecular formula is C8H15NO3S. The molecule has 0 aromatic heterocycles. The van der Waals surface area contributed by atoms with E-state index >= 15 is 0 Å². The number of primary sulfonamides is 1. The van der Waals surface area contributed by atoms with E-state index in [0.717, 1.165) is 25.7 Å². The minimum absolute atomic E-state index is 0.102. The maximum absolute atomic E-state index is 11.0. The number of nitrogens with two attached hydrogens (primary N) is 1. The third-order valence-electron chi connectivity index (χ3n) is 3.23. The lowest BCUT2D eigenvalue weighted by Gasteiger charge is -2.25. The van der Waals surface area contributed by atoms with Crippen LogP contribution in [0.3, 0.4) is 0 Å². The summed E-state index contributed by atoms with van der Waals surface area (Å²) in [5.74, 6) is 0.102. The zero-order valence-electron chi connectivity index (χ0n) is 7.53. The van der Waals surface area contributed by atoms with Gasteiger partial charge in [-0.15, -0.1) is 0 Å². The standard InChI is InChI=1S/C8H15NO3S/c9-13(10,11)6-8-3-1-2-7(8)12-5-4-8/h7H,1-6H2,(H2,9,10,11). The van der Waals surface area contributed by atoms with Gasteiger partial charge in [-0.3, -0.25) is 0 Å². The van der Waals surface area contributed by atoms with Crippen LogP contribution in [0.2, 0.25) is 0 Å². The first-order valence-corrected chi connectivity index (χ1v) is 6.36. The molecule has 2 atom stereocenters. The molecule has 2 rings (SSSR count). The Morgan fingerprint density at radius 3 is 2.92 bits per heavy atom. The van der Waals surface area contributed by atoms with E-state index in [4.69, 9.17) is 9.88 Å². The molecule has 2 N–H and O–H groups in total. The normalized spacial score (nSPS) is 39.3. The highest BCUT2D eigenvalue weighted by molar-refractivity contribution is 7.89. The molecule has 13 heavy (non-hydrogen) atoms. The number of ether oxygens (including phenoxy) is 1. The SMILES string of the molecule is NS(=O)(=O)CC12CCCC1OCC2. The highest BCUT2D eigenvalue weighted by Gasteiger charge is 2.49. The van der Waals surface area contributed by atoms with E-state index in [-0.39, 0.29) is 17.3 Å². The molecule has 0 aromatic carbocycles. The summed E-state index contributed by atoms with van der Waals surface area (Å²) < 4.78 is 27.6. The van der Waals surface area contributed by atoms with Crippen LogP contribution in [0, 0.1) is 5.41 Å². The second-order valence-electron chi connectivity index (χ2n) is 4.17. The second kappa shape index (κ2) is 2.93. The zero-order valence-corrected chi connectivity index (χ0v) is 8.35. The fourth-order valence-corrected chi connectivity index (χ4v) is 3.97. The first-order chi connectivity index (χ1) is 6.02. The average Bonchev–Trinajstić information content (AvgIpc) is 2.40. The van der Waals surface area contributed by atoms with Crippen molar-refractivity contribution in [3.05, 3.63) is 0 Å². The lowest BCUT2D eigenvalue weighted by atomic mass is 9.85. The molecule has 5 heteroatoms.